The first kappa shape index (κ1) is 41.0. The van der Waals surface area contributed by atoms with Crippen LogP contribution in [0.5, 0.6) is 0 Å². The highest BCUT2D eigenvalue weighted by molar-refractivity contribution is 5.96. The Morgan fingerprint density at radius 2 is 1.28 bits per heavy atom. The molecule has 5 amide bonds. The molecule has 1 aromatic rings. The molecule has 7 atom stereocenters. The van der Waals surface area contributed by atoms with E-state index in [9.17, 15) is 33.9 Å². The van der Waals surface area contributed by atoms with Gasteiger partial charge >= 0.3 is 5.97 Å². The number of carbonyl (C=O) groups is 6. The quantitative estimate of drug-likeness (QED) is 0.0846. The van der Waals surface area contributed by atoms with E-state index in [0.29, 0.717) is 38.6 Å². The number of hydrogen-bond acceptors (Lipinski definition) is 8. The van der Waals surface area contributed by atoms with E-state index in [2.05, 4.69) is 26.6 Å². The second kappa shape index (κ2) is 21.0. The number of nitrogens with one attached hydrogen (secondary N) is 5. The molecule has 0 saturated heterocycles. The molecule has 1 aromatic carbocycles. The standard InChI is InChI=1S/C33H55N7O7/c1-7-20(4)27(40-31(44)25(15-11-12-16-34)38-30(43)24(35)17-19(2)3)32(45)37-21(5)28(41)36-22(6)29(42)39-26(33(46)47)18-23-13-9-8-10-14-23/h8-10,13-14,19-22,24-27H,7,11-12,15-18,34-35H2,1-6H3,(H,36,41)(H,37,45)(H,38,43)(H,39,42)(H,40,44)(H,46,47). The fourth-order valence-electron chi connectivity index (χ4n) is 4.73. The molecule has 0 radical (unpaired) electrons. The van der Waals surface area contributed by atoms with Crippen molar-refractivity contribution in [3.05, 3.63) is 35.9 Å². The number of benzene rings is 1. The molecule has 14 heteroatoms. The average molecular weight is 662 g/mol. The molecule has 264 valence electrons. The van der Waals surface area contributed by atoms with E-state index in [0.717, 1.165) is 5.56 Å². The summed E-state index contributed by atoms with van der Waals surface area (Å²) in [4.78, 5) is 76.9. The topological polar surface area (TPSA) is 235 Å². The lowest BCUT2D eigenvalue weighted by Gasteiger charge is -2.28. The van der Waals surface area contributed by atoms with Crippen molar-refractivity contribution in [3.63, 3.8) is 0 Å². The summed E-state index contributed by atoms with van der Waals surface area (Å²) in [5.74, 6) is -4.41. The Morgan fingerprint density at radius 1 is 0.723 bits per heavy atom. The number of amides is 5. The number of carboxylic acid groups (broad SMARTS) is 1. The highest BCUT2D eigenvalue weighted by Gasteiger charge is 2.32. The molecule has 0 aliphatic rings. The van der Waals surface area contributed by atoms with Crippen molar-refractivity contribution in [3.8, 4) is 0 Å². The van der Waals surface area contributed by atoms with Crippen LogP contribution in [0.2, 0.25) is 0 Å². The Labute approximate surface area is 277 Å². The van der Waals surface area contributed by atoms with E-state index in [1.54, 1.807) is 37.3 Å². The second-order valence-electron chi connectivity index (χ2n) is 12.5. The molecule has 0 bridgehead atoms. The van der Waals surface area contributed by atoms with Crippen LogP contribution < -0.4 is 38.1 Å². The van der Waals surface area contributed by atoms with Gasteiger partial charge in [-0.3, -0.25) is 24.0 Å². The average Bonchev–Trinajstić information content (AvgIpc) is 3.02. The zero-order chi connectivity index (χ0) is 35.7. The molecule has 7 unspecified atom stereocenters. The number of rotatable bonds is 21. The lowest BCUT2D eigenvalue weighted by molar-refractivity contribution is -0.142. The fourth-order valence-corrected chi connectivity index (χ4v) is 4.73. The van der Waals surface area contributed by atoms with E-state index in [1.165, 1.54) is 13.8 Å². The Bertz CT molecular complexity index is 1180. The third-order valence-electron chi connectivity index (χ3n) is 7.84. The summed E-state index contributed by atoms with van der Waals surface area (Å²) in [7, 11) is 0. The molecule has 0 aliphatic carbocycles. The van der Waals surface area contributed by atoms with Gasteiger partial charge in [0, 0.05) is 6.42 Å². The minimum Gasteiger partial charge on any atom is -0.480 e. The number of carboxylic acids is 1. The van der Waals surface area contributed by atoms with Crippen LogP contribution in [-0.2, 0) is 35.2 Å². The monoisotopic (exact) mass is 661 g/mol. The first-order valence-electron chi connectivity index (χ1n) is 16.3. The summed E-state index contributed by atoms with van der Waals surface area (Å²) in [6.07, 6.45) is 2.52. The highest BCUT2D eigenvalue weighted by atomic mass is 16.4. The number of hydrogen-bond donors (Lipinski definition) is 8. The van der Waals surface area contributed by atoms with Gasteiger partial charge in [0.1, 0.15) is 30.2 Å². The minimum atomic E-state index is -1.22. The smallest absolute Gasteiger partial charge is 0.326 e. The molecule has 47 heavy (non-hydrogen) atoms. The number of unbranched alkanes of at least 4 members (excludes halogenated alkanes) is 1. The van der Waals surface area contributed by atoms with Crippen molar-refractivity contribution in [2.45, 2.75) is 116 Å². The largest absolute Gasteiger partial charge is 0.480 e. The maximum Gasteiger partial charge on any atom is 0.326 e. The van der Waals surface area contributed by atoms with Crippen molar-refractivity contribution < 1.29 is 33.9 Å². The van der Waals surface area contributed by atoms with Crippen molar-refractivity contribution in [1.29, 1.82) is 0 Å². The summed E-state index contributed by atoms with van der Waals surface area (Å²) < 4.78 is 0. The number of carbonyl (C=O) groups excluding carboxylic acids is 5. The second-order valence-corrected chi connectivity index (χ2v) is 12.5. The Morgan fingerprint density at radius 3 is 1.81 bits per heavy atom. The lowest BCUT2D eigenvalue weighted by Crippen LogP contribution is -2.59. The number of aliphatic carboxylic acids is 1. The summed E-state index contributed by atoms with van der Waals surface area (Å²) in [5, 5.41) is 22.6. The minimum absolute atomic E-state index is 0.0556. The molecular weight excluding hydrogens is 606 g/mol. The number of nitrogens with two attached hydrogens (primary N) is 2. The molecule has 0 aliphatic heterocycles. The van der Waals surface area contributed by atoms with Crippen LogP contribution in [0.1, 0.15) is 79.2 Å². The van der Waals surface area contributed by atoms with Crippen LogP contribution in [0.3, 0.4) is 0 Å². The van der Waals surface area contributed by atoms with E-state index < -0.39 is 71.8 Å². The van der Waals surface area contributed by atoms with Gasteiger partial charge in [0.15, 0.2) is 0 Å². The maximum absolute atomic E-state index is 13.4. The van der Waals surface area contributed by atoms with Crippen LogP contribution in [0.4, 0.5) is 0 Å². The fraction of sp³-hybridized carbons (Fsp3) is 0.636. The van der Waals surface area contributed by atoms with Gasteiger partial charge in [0.25, 0.3) is 0 Å². The third-order valence-corrected chi connectivity index (χ3v) is 7.84. The predicted molar refractivity (Wildman–Crippen MR) is 179 cm³/mol. The van der Waals surface area contributed by atoms with Gasteiger partial charge in [-0.2, -0.15) is 0 Å². The normalized spacial score (nSPS) is 15.6. The van der Waals surface area contributed by atoms with Gasteiger partial charge in [-0.1, -0.05) is 64.4 Å². The van der Waals surface area contributed by atoms with E-state index in [4.69, 9.17) is 11.5 Å². The maximum atomic E-state index is 13.4. The van der Waals surface area contributed by atoms with Gasteiger partial charge < -0.3 is 43.2 Å². The molecule has 14 nitrogen and oxygen atoms in total. The van der Waals surface area contributed by atoms with Gasteiger partial charge in [-0.15, -0.1) is 0 Å². The van der Waals surface area contributed by atoms with Crippen LogP contribution in [0.25, 0.3) is 0 Å². The summed E-state index contributed by atoms with van der Waals surface area (Å²) in [6.45, 7) is 10.7. The SMILES string of the molecule is CCC(C)C(NC(=O)C(CCCCN)NC(=O)C(N)CC(C)C)C(=O)NC(C)C(=O)NC(C)C(=O)NC(Cc1ccccc1)C(=O)O. The Hall–Kier alpha value is -4.04. The molecule has 0 aromatic heterocycles. The summed E-state index contributed by atoms with van der Waals surface area (Å²) >= 11 is 0. The zero-order valence-corrected chi connectivity index (χ0v) is 28.5. The van der Waals surface area contributed by atoms with Crippen molar-refractivity contribution in [1.82, 2.24) is 26.6 Å². The van der Waals surface area contributed by atoms with E-state index in [1.807, 2.05) is 20.8 Å². The van der Waals surface area contributed by atoms with Gasteiger partial charge in [0.05, 0.1) is 6.04 Å². The summed E-state index contributed by atoms with van der Waals surface area (Å²) in [6, 6.07) is 2.61. The van der Waals surface area contributed by atoms with Crippen molar-refractivity contribution >= 4 is 35.5 Å². The van der Waals surface area contributed by atoms with Gasteiger partial charge in [0.2, 0.25) is 29.5 Å². The van der Waals surface area contributed by atoms with Gasteiger partial charge in [-0.05, 0) is 63.5 Å². The van der Waals surface area contributed by atoms with E-state index >= 15 is 0 Å². The molecular formula is C33H55N7O7. The summed E-state index contributed by atoms with van der Waals surface area (Å²) in [5.41, 5.74) is 12.4. The zero-order valence-electron chi connectivity index (χ0n) is 28.5. The van der Waals surface area contributed by atoms with Crippen LogP contribution >= 0.6 is 0 Å². The molecule has 0 fully saturated rings. The van der Waals surface area contributed by atoms with Crippen molar-refractivity contribution in [2.24, 2.45) is 23.3 Å². The molecule has 0 saturated carbocycles. The Balaban J connectivity index is 2.90. The van der Waals surface area contributed by atoms with Crippen LogP contribution in [0, 0.1) is 11.8 Å². The van der Waals surface area contributed by atoms with Crippen molar-refractivity contribution in [2.75, 3.05) is 6.54 Å². The highest BCUT2D eigenvalue weighted by Crippen LogP contribution is 2.11. The van der Waals surface area contributed by atoms with Crippen LogP contribution in [-0.4, -0.2) is 83.4 Å². The first-order valence-corrected chi connectivity index (χ1v) is 16.3. The molecule has 1 rings (SSSR count). The molecule has 10 N–H and O–H groups in total. The predicted octanol–water partition coefficient (Wildman–Crippen LogP) is 0.326. The lowest BCUT2D eigenvalue weighted by atomic mass is 9.97. The third kappa shape index (κ3) is 14.9. The van der Waals surface area contributed by atoms with Gasteiger partial charge in [-0.25, -0.2) is 4.79 Å². The Kier molecular flexibility index (Phi) is 18.3. The first-order chi connectivity index (χ1) is 22.1. The molecule has 0 heterocycles. The van der Waals surface area contributed by atoms with Crippen LogP contribution in [0.15, 0.2) is 30.3 Å². The molecule has 0 spiro atoms. The van der Waals surface area contributed by atoms with E-state index in [-0.39, 0.29) is 18.3 Å².